The number of benzene rings is 1. The maximum atomic E-state index is 12.4. The Morgan fingerprint density at radius 3 is 2.62 bits per heavy atom. The van der Waals surface area contributed by atoms with Crippen LogP contribution in [-0.4, -0.2) is 22.5 Å². The first-order valence-electron chi connectivity index (χ1n) is 6.66. The first-order chi connectivity index (χ1) is 9.93. The Hall–Kier alpha value is -1.59. The van der Waals surface area contributed by atoms with Gasteiger partial charge in [0, 0.05) is 10.1 Å². The molecule has 1 aliphatic rings. The first kappa shape index (κ1) is 14.4. The van der Waals surface area contributed by atoms with Crippen LogP contribution < -0.4 is 5.32 Å². The molecule has 1 atom stereocenters. The normalized spacial score (nSPS) is 17.4. The lowest BCUT2D eigenvalue weighted by Crippen LogP contribution is -2.53. The zero-order valence-electron chi connectivity index (χ0n) is 11.4. The molecule has 1 saturated carbocycles. The Morgan fingerprint density at radius 2 is 2.05 bits per heavy atom. The van der Waals surface area contributed by atoms with Gasteiger partial charge >= 0.3 is 5.97 Å². The van der Waals surface area contributed by atoms with E-state index in [-0.39, 0.29) is 5.92 Å². The highest BCUT2D eigenvalue weighted by atomic mass is 35.5. The molecule has 1 amide bonds. The quantitative estimate of drug-likeness (QED) is 0.904. The minimum absolute atomic E-state index is 0.00731. The van der Waals surface area contributed by atoms with Gasteiger partial charge in [0.2, 0.25) is 0 Å². The molecule has 1 heterocycles. The van der Waals surface area contributed by atoms with Gasteiger partial charge in [0.05, 0.1) is 5.02 Å². The number of carboxylic acids is 1. The van der Waals surface area contributed by atoms with E-state index in [9.17, 15) is 14.7 Å². The van der Waals surface area contributed by atoms with Crippen molar-refractivity contribution in [2.75, 3.05) is 0 Å². The molecule has 1 aromatic carbocycles. The molecule has 0 saturated heterocycles. The number of thiophene rings is 1. The lowest BCUT2D eigenvalue weighted by atomic mass is 9.96. The van der Waals surface area contributed by atoms with E-state index in [0.29, 0.717) is 9.90 Å². The number of amides is 1. The Morgan fingerprint density at radius 1 is 1.38 bits per heavy atom. The third-order valence-corrected chi connectivity index (χ3v) is 5.63. The average Bonchev–Trinajstić information content (AvgIpc) is 3.24. The van der Waals surface area contributed by atoms with Crippen molar-refractivity contribution in [3.8, 4) is 0 Å². The van der Waals surface area contributed by atoms with Crippen molar-refractivity contribution in [2.45, 2.75) is 25.3 Å². The summed E-state index contributed by atoms with van der Waals surface area (Å²) in [5, 5.41) is 13.3. The molecule has 1 aliphatic carbocycles. The summed E-state index contributed by atoms with van der Waals surface area (Å²) >= 11 is 7.54. The van der Waals surface area contributed by atoms with Crippen molar-refractivity contribution in [3.63, 3.8) is 0 Å². The topological polar surface area (TPSA) is 66.4 Å². The van der Waals surface area contributed by atoms with Crippen LogP contribution in [0.2, 0.25) is 5.02 Å². The molecule has 0 bridgehead atoms. The van der Waals surface area contributed by atoms with Crippen molar-refractivity contribution in [1.29, 1.82) is 0 Å². The van der Waals surface area contributed by atoms with Crippen molar-refractivity contribution >= 4 is 44.9 Å². The number of carboxylic acid groups (broad SMARTS) is 1. The Balaban J connectivity index is 1.93. The molecule has 3 rings (SSSR count). The Bertz CT molecular complexity index is 738. The summed E-state index contributed by atoms with van der Waals surface area (Å²) in [4.78, 5) is 24.3. The molecule has 6 heteroatoms. The van der Waals surface area contributed by atoms with Gasteiger partial charge in [0.1, 0.15) is 10.4 Å². The van der Waals surface area contributed by atoms with Crippen LogP contribution in [0.25, 0.3) is 10.1 Å². The number of aliphatic carboxylic acids is 1. The van der Waals surface area contributed by atoms with Gasteiger partial charge in [-0.2, -0.15) is 0 Å². The van der Waals surface area contributed by atoms with Crippen LogP contribution in [-0.2, 0) is 4.79 Å². The largest absolute Gasteiger partial charge is 0.480 e. The molecule has 4 nitrogen and oxygen atoms in total. The van der Waals surface area contributed by atoms with Crippen molar-refractivity contribution in [3.05, 3.63) is 34.2 Å². The lowest BCUT2D eigenvalue weighted by molar-refractivity contribution is -0.144. The zero-order chi connectivity index (χ0) is 15.2. The molecule has 2 N–H and O–H groups in total. The smallest absolute Gasteiger partial charge is 0.329 e. The number of carbonyl (C=O) groups excluding carboxylic acids is 1. The highest BCUT2D eigenvalue weighted by Gasteiger charge is 2.48. The summed E-state index contributed by atoms with van der Waals surface area (Å²) in [6.07, 6.45) is 1.65. The minimum Gasteiger partial charge on any atom is -0.480 e. The second kappa shape index (κ2) is 5.00. The summed E-state index contributed by atoms with van der Waals surface area (Å²) in [6, 6.07) is 7.47. The summed E-state index contributed by atoms with van der Waals surface area (Å²) in [5.74, 6) is -1.43. The van der Waals surface area contributed by atoms with E-state index in [1.54, 1.807) is 6.92 Å². The van der Waals surface area contributed by atoms with E-state index >= 15 is 0 Å². The predicted octanol–water partition coefficient (Wildman–Crippen LogP) is 3.54. The van der Waals surface area contributed by atoms with Crippen molar-refractivity contribution in [1.82, 2.24) is 5.32 Å². The summed E-state index contributed by atoms with van der Waals surface area (Å²) in [6.45, 7) is 1.56. The number of fused-ring (bicyclic) bond motifs is 1. The van der Waals surface area contributed by atoms with Gasteiger partial charge in [0.25, 0.3) is 5.91 Å². The average molecular weight is 324 g/mol. The maximum Gasteiger partial charge on any atom is 0.329 e. The molecule has 0 spiro atoms. The van der Waals surface area contributed by atoms with E-state index < -0.39 is 17.4 Å². The van der Waals surface area contributed by atoms with Gasteiger partial charge < -0.3 is 10.4 Å². The van der Waals surface area contributed by atoms with Crippen LogP contribution >= 0.6 is 22.9 Å². The predicted molar refractivity (Wildman–Crippen MR) is 83.1 cm³/mol. The van der Waals surface area contributed by atoms with Crippen LogP contribution in [0.4, 0.5) is 0 Å². The molecule has 0 aliphatic heterocycles. The molecule has 0 radical (unpaired) electrons. The Labute approximate surface area is 130 Å². The molecule has 1 fully saturated rings. The fourth-order valence-electron chi connectivity index (χ4n) is 2.44. The van der Waals surface area contributed by atoms with Gasteiger partial charge in [0.15, 0.2) is 0 Å². The van der Waals surface area contributed by atoms with E-state index in [1.165, 1.54) is 11.3 Å². The van der Waals surface area contributed by atoms with Gasteiger partial charge in [-0.3, -0.25) is 4.79 Å². The second-order valence-electron chi connectivity index (χ2n) is 5.48. The standard InChI is InChI=1S/C15H14ClNO3S/c1-15(14(19)20,8-6-7-8)17-13(18)12-11(16)9-4-2-3-5-10(9)21-12/h2-5,8H,6-7H2,1H3,(H,17,18)(H,19,20). The number of nitrogens with one attached hydrogen (secondary N) is 1. The van der Waals surface area contributed by atoms with Crippen molar-refractivity contribution in [2.24, 2.45) is 5.92 Å². The van der Waals surface area contributed by atoms with Gasteiger partial charge in [-0.1, -0.05) is 29.8 Å². The molecule has 21 heavy (non-hydrogen) atoms. The minimum atomic E-state index is -1.23. The molecule has 1 unspecified atom stereocenters. The maximum absolute atomic E-state index is 12.4. The number of rotatable bonds is 4. The number of hydrogen-bond acceptors (Lipinski definition) is 3. The molecular formula is C15H14ClNO3S. The van der Waals surface area contributed by atoms with E-state index in [1.807, 2.05) is 24.3 Å². The third-order valence-electron chi connectivity index (χ3n) is 3.95. The van der Waals surface area contributed by atoms with E-state index in [0.717, 1.165) is 22.9 Å². The number of carbonyl (C=O) groups is 2. The third kappa shape index (κ3) is 2.40. The number of hydrogen-bond donors (Lipinski definition) is 2. The SMILES string of the molecule is CC(NC(=O)c1sc2ccccc2c1Cl)(C(=O)O)C1CC1. The van der Waals surface area contributed by atoms with Crippen LogP contribution in [0.15, 0.2) is 24.3 Å². The van der Waals surface area contributed by atoms with Crippen molar-refractivity contribution < 1.29 is 14.7 Å². The second-order valence-corrected chi connectivity index (χ2v) is 6.91. The lowest BCUT2D eigenvalue weighted by Gasteiger charge is -2.25. The van der Waals surface area contributed by atoms with Gasteiger partial charge in [-0.05, 0) is 31.7 Å². The summed E-state index contributed by atoms with van der Waals surface area (Å²) in [5.41, 5.74) is -1.23. The molecular weight excluding hydrogens is 310 g/mol. The fourth-order valence-corrected chi connectivity index (χ4v) is 3.86. The monoisotopic (exact) mass is 323 g/mol. The zero-order valence-corrected chi connectivity index (χ0v) is 12.9. The van der Waals surface area contributed by atoms with Gasteiger partial charge in [-0.15, -0.1) is 11.3 Å². The van der Waals surface area contributed by atoms with E-state index in [2.05, 4.69) is 5.32 Å². The summed E-state index contributed by atoms with van der Waals surface area (Å²) < 4.78 is 0.913. The number of halogens is 1. The highest BCUT2D eigenvalue weighted by Crippen LogP contribution is 2.41. The van der Waals surface area contributed by atoms with Crippen LogP contribution in [0.3, 0.4) is 0 Å². The molecule has 1 aromatic heterocycles. The van der Waals surface area contributed by atoms with Crippen LogP contribution in [0.1, 0.15) is 29.4 Å². The van der Waals surface area contributed by atoms with Gasteiger partial charge in [-0.25, -0.2) is 4.79 Å². The summed E-state index contributed by atoms with van der Waals surface area (Å²) in [7, 11) is 0. The first-order valence-corrected chi connectivity index (χ1v) is 7.86. The Kier molecular flexibility index (Phi) is 3.42. The van der Waals surface area contributed by atoms with E-state index in [4.69, 9.17) is 11.6 Å². The van der Waals surface area contributed by atoms with Crippen LogP contribution in [0, 0.1) is 5.92 Å². The van der Waals surface area contributed by atoms with Crippen LogP contribution in [0.5, 0.6) is 0 Å². The molecule has 110 valence electrons. The molecule has 2 aromatic rings. The fraction of sp³-hybridized carbons (Fsp3) is 0.333. The highest BCUT2D eigenvalue weighted by molar-refractivity contribution is 7.21.